The van der Waals surface area contributed by atoms with E-state index in [1.165, 1.54) is 17.5 Å². The third-order valence-electron chi connectivity index (χ3n) is 5.77. The largest absolute Gasteiger partial charge is 0.353 e. The summed E-state index contributed by atoms with van der Waals surface area (Å²) in [4.78, 5) is 29.5. The van der Waals surface area contributed by atoms with Gasteiger partial charge in [-0.2, -0.15) is 0 Å². The minimum Gasteiger partial charge on any atom is -0.353 e. The number of nitrogens with zero attached hydrogens (tertiary/aromatic N) is 2. The Morgan fingerprint density at radius 3 is 2.29 bits per heavy atom. The van der Waals surface area contributed by atoms with Crippen molar-refractivity contribution in [2.24, 2.45) is 0 Å². The molecule has 2 amide bonds. The van der Waals surface area contributed by atoms with Gasteiger partial charge >= 0.3 is 0 Å². The fourth-order valence-corrected chi connectivity index (χ4v) is 4.53. The number of rotatable bonds is 2. The van der Waals surface area contributed by atoms with Crippen molar-refractivity contribution in [3.63, 3.8) is 0 Å². The molecular formula is C19H25N3O2. The summed E-state index contributed by atoms with van der Waals surface area (Å²) in [6.45, 7) is 3.36. The van der Waals surface area contributed by atoms with Crippen LogP contribution in [0.25, 0.3) is 0 Å². The van der Waals surface area contributed by atoms with E-state index in [0.29, 0.717) is 13.1 Å². The highest BCUT2D eigenvalue weighted by molar-refractivity contribution is 5.92. The molecule has 1 N–H and O–H groups in total. The Morgan fingerprint density at radius 2 is 1.67 bits per heavy atom. The number of piperazine rings is 1. The van der Waals surface area contributed by atoms with Crippen molar-refractivity contribution >= 4 is 11.8 Å². The van der Waals surface area contributed by atoms with E-state index in [0.717, 1.165) is 38.8 Å². The highest BCUT2D eigenvalue weighted by atomic mass is 16.2. The third-order valence-corrected chi connectivity index (χ3v) is 5.77. The highest BCUT2D eigenvalue weighted by Crippen LogP contribution is 2.37. The smallest absolute Gasteiger partial charge is 0.244 e. The molecule has 0 spiro atoms. The maximum Gasteiger partial charge on any atom is 0.244 e. The Bertz CT molecular complexity index is 627. The van der Waals surface area contributed by atoms with Crippen LogP contribution in [0.15, 0.2) is 24.3 Å². The van der Waals surface area contributed by atoms with Crippen molar-refractivity contribution in [2.75, 3.05) is 32.7 Å². The summed E-state index contributed by atoms with van der Waals surface area (Å²) in [5.74, 6) is 0.106. The minimum absolute atomic E-state index is 0.0427. The zero-order valence-electron chi connectivity index (χ0n) is 14.1. The standard InChI is InChI=1S/C19H25N3O2/c23-17-14-21(11-8-20-17)18(24)19(22-9-4-1-5-10-22)12-15-6-2-3-7-16(15)13-19/h2-3,6-7H,1,4-5,8-14H2,(H,20,23). The van der Waals surface area contributed by atoms with Crippen LogP contribution < -0.4 is 5.32 Å². The molecule has 0 aromatic heterocycles. The average molecular weight is 327 g/mol. The van der Waals surface area contributed by atoms with Gasteiger partial charge in [0.25, 0.3) is 0 Å². The maximum absolute atomic E-state index is 13.5. The Hall–Kier alpha value is -1.88. The molecule has 128 valence electrons. The molecule has 1 aromatic carbocycles. The van der Waals surface area contributed by atoms with E-state index in [1.807, 2.05) is 0 Å². The second-order valence-corrected chi connectivity index (χ2v) is 7.28. The monoisotopic (exact) mass is 327 g/mol. The molecule has 0 unspecified atom stereocenters. The van der Waals surface area contributed by atoms with Crippen LogP contribution in [-0.2, 0) is 22.4 Å². The van der Waals surface area contributed by atoms with Crippen molar-refractivity contribution in [3.05, 3.63) is 35.4 Å². The first-order chi connectivity index (χ1) is 11.7. The van der Waals surface area contributed by atoms with Crippen molar-refractivity contribution in [1.82, 2.24) is 15.1 Å². The van der Waals surface area contributed by atoms with Crippen LogP contribution in [0.1, 0.15) is 30.4 Å². The van der Waals surface area contributed by atoms with Crippen LogP contribution in [0.3, 0.4) is 0 Å². The van der Waals surface area contributed by atoms with Gasteiger partial charge < -0.3 is 10.2 Å². The average Bonchev–Trinajstić information content (AvgIpc) is 3.02. The highest BCUT2D eigenvalue weighted by Gasteiger charge is 2.50. The summed E-state index contributed by atoms with van der Waals surface area (Å²) in [7, 11) is 0. The van der Waals surface area contributed by atoms with Gasteiger partial charge in [0.15, 0.2) is 0 Å². The van der Waals surface area contributed by atoms with E-state index in [2.05, 4.69) is 34.5 Å². The summed E-state index contributed by atoms with van der Waals surface area (Å²) in [5.41, 5.74) is 2.10. The zero-order valence-corrected chi connectivity index (χ0v) is 14.1. The first-order valence-electron chi connectivity index (χ1n) is 9.07. The van der Waals surface area contributed by atoms with E-state index in [-0.39, 0.29) is 18.4 Å². The number of nitrogens with one attached hydrogen (secondary N) is 1. The normalized spacial score (nSPS) is 23.7. The van der Waals surface area contributed by atoms with E-state index in [1.54, 1.807) is 4.90 Å². The number of benzene rings is 1. The fourth-order valence-electron chi connectivity index (χ4n) is 4.53. The summed E-state index contributed by atoms with van der Waals surface area (Å²) in [6, 6.07) is 8.42. The first kappa shape index (κ1) is 15.6. The Kier molecular flexibility index (Phi) is 4.04. The predicted octanol–water partition coefficient (Wildman–Crippen LogP) is 0.968. The van der Waals surface area contributed by atoms with Crippen LogP contribution in [0.4, 0.5) is 0 Å². The quantitative estimate of drug-likeness (QED) is 0.881. The number of hydrogen-bond acceptors (Lipinski definition) is 3. The van der Waals surface area contributed by atoms with Crippen molar-refractivity contribution in [1.29, 1.82) is 0 Å². The van der Waals surface area contributed by atoms with Crippen LogP contribution in [-0.4, -0.2) is 59.9 Å². The molecular weight excluding hydrogens is 302 g/mol. The molecule has 3 aliphatic rings. The van der Waals surface area contributed by atoms with Crippen LogP contribution >= 0.6 is 0 Å². The third kappa shape index (κ3) is 2.61. The van der Waals surface area contributed by atoms with Gasteiger partial charge in [-0.05, 0) is 37.1 Å². The second-order valence-electron chi connectivity index (χ2n) is 7.28. The van der Waals surface area contributed by atoms with Gasteiger partial charge in [0, 0.05) is 25.9 Å². The zero-order chi connectivity index (χ0) is 16.6. The molecule has 0 atom stereocenters. The van der Waals surface area contributed by atoms with Crippen LogP contribution in [0.5, 0.6) is 0 Å². The summed E-state index contributed by atoms with van der Waals surface area (Å²) >= 11 is 0. The molecule has 1 aromatic rings. The molecule has 2 heterocycles. The van der Waals surface area contributed by atoms with Gasteiger partial charge in [-0.3, -0.25) is 14.5 Å². The molecule has 24 heavy (non-hydrogen) atoms. The molecule has 2 aliphatic heterocycles. The molecule has 2 fully saturated rings. The van der Waals surface area contributed by atoms with Gasteiger partial charge in [-0.15, -0.1) is 0 Å². The second kappa shape index (κ2) is 6.20. The molecule has 2 saturated heterocycles. The number of fused-ring (bicyclic) bond motifs is 1. The van der Waals surface area contributed by atoms with Crippen molar-refractivity contribution in [3.8, 4) is 0 Å². The van der Waals surface area contributed by atoms with E-state index >= 15 is 0 Å². The lowest BCUT2D eigenvalue weighted by Crippen LogP contribution is -2.64. The van der Waals surface area contributed by atoms with Gasteiger partial charge in [-0.25, -0.2) is 0 Å². The SMILES string of the molecule is O=C1CN(C(=O)C2(N3CCCCC3)Cc3ccccc3C2)CCN1. The molecule has 5 heteroatoms. The maximum atomic E-state index is 13.5. The Labute approximate surface area is 143 Å². The molecule has 0 radical (unpaired) electrons. The summed E-state index contributed by atoms with van der Waals surface area (Å²) in [5, 5.41) is 2.82. The van der Waals surface area contributed by atoms with E-state index in [4.69, 9.17) is 0 Å². The molecule has 0 saturated carbocycles. The number of piperidine rings is 1. The molecule has 4 rings (SSSR count). The number of hydrogen-bond donors (Lipinski definition) is 1. The van der Waals surface area contributed by atoms with Gasteiger partial charge in [0.1, 0.15) is 5.54 Å². The Morgan fingerprint density at radius 1 is 1.00 bits per heavy atom. The van der Waals surface area contributed by atoms with Gasteiger partial charge in [-0.1, -0.05) is 30.7 Å². The van der Waals surface area contributed by atoms with Crippen molar-refractivity contribution < 1.29 is 9.59 Å². The fraction of sp³-hybridized carbons (Fsp3) is 0.579. The van der Waals surface area contributed by atoms with Crippen LogP contribution in [0, 0.1) is 0 Å². The Balaban J connectivity index is 1.66. The van der Waals surface area contributed by atoms with Crippen LogP contribution in [0.2, 0.25) is 0 Å². The van der Waals surface area contributed by atoms with Crippen molar-refractivity contribution in [2.45, 2.75) is 37.6 Å². The molecule has 0 bridgehead atoms. The lowest BCUT2D eigenvalue weighted by Gasteiger charge is -2.45. The number of carbonyl (C=O) groups is 2. The molecule has 1 aliphatic carbocycles. The van der Waals surface area contributed by atoms with E-state index in [9.17, 15) is 9.59 Å². The van der Waals surface area contributed by atoms with Gasteiger partial charge in [0.2, 0.25) is 11.8 Å². The number of carbonyl (C=O) groups excluding carboxylic acids is 2. The molecule has 5 nitrogen and oxygen atoms in total. The summed E-state index contributed by atoms with van der Waals surface area (Å²) < 4.78 is 0. The first-order valence-corrected chi connectivity index (χ1v) is 9.07. The van der Waals surface area contributed by atoms with Gasteiger partial charge in [0.05, 0.1) is 6.54 Å². The number of amides is 2. The lowest BCUT2D eigenvalue weighted by atomic mass is 9.88. The topological polar surface area (TPSA) is 52.7 Å². The summed E-state index contributed by atoms with van der Waals surface area (Å²) in [6.07, 6.45) is 5.12. The minimum atomic E-state index is -0.484. The lowest BCUT2D eigenvalue weighted by molar-refractivity contribution is -0.149. The predicted molar refractivity (Wildman–Crippen MR) is 91.6 cm³/mol. The van der Waals surface area contributed by atoms with E-state index < -0.39 is 5.54 Å². The number of likely N-dealkylation sites (tertiary alicyclic amines) is 1.